The third-order valence-electron chi connectivity index (χ3n) is 3.05. The van der Waals surface area contributed by atoms with Crippen molar-refractivity contribution < 1.29 is 4.79 Å². The topological polar surface area (TPSA) is 42.0 Å². The first-order valence-corrected chi connectivity index (χ1v) is 5.72. The van der Waals surface area contributed by atoms with E-state index in [9.17, 15) is 4.79 Å². The van der Waals surface area contributed by atoms with Gasteiger partial charge in [0.1, 0.15) is 4.33 Å². The summed E-state index contributed by atoms with van der Waals surface area (Å²) in [5.41, 5.74) is 0.963. The van der Waals surface area contributed by atoms with Crippen LogP contribution in [0, 0.1) is 12.3 Å². The Labute approximate surface area is 104 Å². The van der Waals surface area contributed by atoms with Gasteiger partial charge in [0.2, 0.25) is 5.91 Å². The Bertz CT molecular complexity index is 447. The summed E-state index contributed by atoms with van der Waals surface area (Å²) in [7, 11) is 0. The second-order valence-electron chi connectivity index (χ2n) is 4.36. The van der Waals surface area contributed by atoms with Crippen molar-refractivity contribution in [2.75, 3.05) is 5.32 Å². The molecule has 86 valence electrons. The van der Waals surface area contributed by atoms with E-state index in [0.717, 1.165) is 5.56 Å². The summed E-state index contributed by atoms with van der Waals surface area (Å²) in [5, 5.41) is 2.80. The van der Waals surface area contributed by atoms with E-state index in [0.29, 0.717) is 12.1 Å². The summed E-state index contributed by atoms with van der Waals surface area (Å²) < 4.78 is -0.937. The molecular formula is C11H12Cl2N2O. The molecule has 0 saturated heterocycles. The molecule has 1 aliphatic rings. The van der Waals surface area contributed by atoms with Gasteiger partial charge in [0.15, 0.2) is 0 Å². The Hall–Kier alpha value is -0.800. The summed E-state index contributed by atoms with van der Waals surface area (Å²) in [6.07, 6.45) is 3.77. The summed E-state index contributed by atoms with van der Waals surface area (Å²) in [6.45, 7) is 3.66. The number of nitrogens with one attached hydrogen (secondary N) is 1. The number of aromatic nitrogens is 1. The highest BCUT2D eigenvalue weighted by atomic mass is 35.5. The van der Waals surface area contributed by atoms with Crippen molar-refractivity contribution in [3.05, 3.63) is 24.0 Å². The predicted octanol–water partition coefficient (Wildman–Crippen LogP) is 2.91. The highest BCUT2D eigenvalue weighted by Gasteiger charge is 2.67. The number of halogens is 2. The van der Waals surface area contributed by atoms with E-state index in [4.69, 9.17) is 23.2 Å². The first-order valence-electron chi connectivity index (χ1n) is 4.97. The lowest BCUT2D eigenvalue weighted by Crippen LogP contribution is -2.26. The van der Waals surface area contributed by atoms with Crippen molar-refractivity contribution in [3.63, 3.8) is 0 Å². The number of anilines is 1. The molecule has 0 radical (unpaired) electrons. The van der Waals surface area contributed by atoms with Gasteiger partial charge in [-0.2, -0.15) is 0 Å². The molecule has 5 heteroatoms. The minimum atomic E-state index is -0.937. The van der Waals surface area contributed by atoms with Crippen molar-refractivity contribution in [2.24, 2.45) is 5.41 Å². The molecule has 0 bridgehead atoms. The zero-order valence-electron chi connectivity index (χ0n) is 9.05. The van der Waals surface area contributed by atoms with Crippen LogP contribution in [0.5, 0.6) is 0 Å². The van der Waals surface area contributed by atoms with Gasteiger partial charge in [-0.3, -0.25) is 9.78 Å². The number of aryl methyl sites for hydroxylation is 1. The van der Waals surface area contributed by atoms with Crippen LogP contribution in [0.4, 0.5) is 5.69 Å². The van der Waals surface area contributed by atoms with Crippen LogP contribution in [0.1, 0.15) is 18.9 Å². The quantitative estimate of drug-likeness (QED) is 0.830. The molecule has 0 aromatic carbocycles. The van der Waals surface area contributed by atoms with Crippen molar-refractivity contribution in [3.8, 4) is 0 Å². The van der Waals surface area contributed by atoms with Crippen LogP contribution in [0.3, 0.4) is 0 Å². The molecule has 2 rings (SSSR count). The minimum absolute atomic E-state index is 0.159. The highest BCUT2D eigenvalue weighted by Crippen LogP contribution is 2.64. The number of amides is 1. The van der Waals surface area contributed by atoms with E-state index >= 15 is 0 Å². The molecule has 0 spiro atoms. The van der Waals surface area contributed by atoms with Crippen LogP contribution in [0.25, 0.3) is 0 Å². The van der Waals surface area contributed by atoms with E-state index in [2.05, 4.69) is 10.3 Å². The van der Waals surface area contributed by atoms with Crippen molar-refractivity contribution in [1.82, 2.24) is 4.98 Å². The van der Waals surface area contributed by atoms with Gasteiger partial charge >= 0.3 is 0 Å². The molecule has 0 unspecified atom stereocenters. The lowest BCUT2D eigenvalue weighted by atomic mass is 10.1. The van der Waals surface area contributed by atoms with Gasteiger partial charge in [-0.1, -0.05) is 0 Å². The fourth-order valence-electron chi connectivity index (χ4n) is 1.50. The van der Waals surface area contributed by atoms with Crippen molar-refractivity contribution in [2.45, 2.75) is 24.6 Å². The van der Waals surface area contributed by atoms with Gasteiger partial charge < -0.3 is 5.32 Å². The van der Waals surface area contributed by atoms with Crippen LogP contribution in [0.2, 0.25) is 0 Å². The first-order chi connectivity index (χ1) is 7.37. The molecule has 3 nitrogen and oxygen atoms in total. The third kappa shape index (κ3) is 1.78. The number of carbonyl (C=O) groups excluding carboxylic acids is 1. The average molecular weight is 259 g/mol. The van der Waals surface area contributed by atoms with E-state index in [1.165, 1.54) is 0 Å². The van der Waals surface area contributed by atoms with Gasteiger partial charge in [0.05, 0.1) is 17.3 Å². The van der Waals surface area contributed by atoms with Gasteiger partial charge in [0, 0.05) is 6.20 Å². The molecule has 1 fully saturated rings. The number of nitrogens with zero attached hydrogens (tertiary/aromatic N) is 1. The maximum Gasteiger partial charge on any atom is 0.233 e. The molecule has 1 aromatic heterocycles. The lowest BCUT2D eigenvalue weighted by Gasteiger charge is -2.13. The number of hydrogen-bond donors (Lipinski definition) is 1. The average Bonchev–Trinajstić information content (AvgIpc) is 2.71. The van der Waals surface area contributed by atoms with E-state index in [1.807, 2.05) is 13.0 Å². The molecule has 1 aromatic rings. The third-order valence-corrected chi connectivity index (χ3v) is 4.15. The smallest absolute Gasteiger partial charge is 0.233 e. The van der Waals surface area contributed by atoms with Crippen LogP contribution in [-0.2, 0) is 4.79 Å². The zero-order chi connectivity index (χ0) is 12.0. The predicted molar refractivity (Wildman–Crippen MR) is 64.8 cm³/mol. The molecular weight excluding hydrogens is 247 g/mol. The minimum Gasteiger partial charge on any atom is -0.324 e. The van der Waals surface area contributed by atoms with E-state index in [-0.39, 0.29) is 5.91 Å². The van der Waals surface area contributed by atoms with Gasteiger partial charge in [0.25, 0.3) is 0 Å². The van der Waals surface area contributed by atoms with Crippen LogP contribution in [0.15, 0.2) is 18.5 Å². The van der Waals surface area contributed by atoms with Crippen LogP contribution >= 0.6 is 23.2 Å². The normalized spacial score (nSPS) is 26.2. The maximum absolute atomic E-state index is 12.0. The summed E-state index contributed by atoms with van der Waals surface area (Å²) in [4.78, 5) is 15.9. The Kier molecular flexibility index (Phi) is 2.63. The molecule has 1 atom stereocenters. The molecule has 1 saturated carbocycles. The summed E-state index contributed by atoms with van der Waals surface area (Å²) in [5.74, 6) is -0.159. The molecule has 1 heterocycles. The Morgan fingerprint density at radius 3 is 2.69 bits per heavy atom. The molecule has 1 N–H and O–H groups in total. The fraction of sp³-hybridized carbons (Fsp3) is 0.455. The Morgan fingerprint density at radius 2 is 2.19 bits per heavy atom. The van der Waals surface area contributed by atoms with E-state index < -0.39 is 9.75 Å². The van der Waals surface area contributed by atoms with Crippen LogP contribution < -0.4 is 5.32 Å². The molecule has 16 heavy (non-hydrogen) atoms. The van der Waals surface area contributed by atoms with Gasteiger partial charge in [-0.15, -0.1) is 23.2 Å². The number of alkyl halides is 2. The van der Waals surface area contributed by atoms with Gasteiger partial charge in [-0.05, 0) is 31.9 Å². The van der Waals surface area contributed by atoms with Gasteiger partial charge in [-0.25, -0.2) is 0 Å². The second kappa shape index (κ2) is 3.60. The number of carbonyl (C=O) groups is 1. The first kappa shape index (κ1) is 11.7. The summed E-state index contributed by atoms with van der Waals surface area (Å²) in [6, 6.07) is 1.83. The molecule has 1 aliphatic carbocycles. The molecule has 1 amide bonds. The SMILES string of the molecule is Cc1ccncc1NC(=O)[C@@]1(C)CC1(Cl)Cl. The number of pyridine rings is 1. The van der Waals surface area contributed by atoms with Crippen molar-refractivity contribution >= 4 is 34.8 Å². The van der Waals surface area contributed by atoms with E-state index in [1.54, 1.807) is 19.3 Å². The Morgan fingerprint density at radius 1 is 1.56 bits per heavy atom. The number of hydrogen-bond acceptors (Lipinski definition) is 2. The standard InChI is InChI=1S/C11H12Cl2N2O/c1-7-3-4-14-5-8(7)15-9(16)10(2)6-11(10,12)13/h3-5H,6H2,1-2H3,(H,15,16)/t10-/m1/s1. The Balaban J connectivity index is 2.13. The highest BCUT2D eigenvalue weighted by molar-refractivity contribution is 6.53. The summed E-state index contributed by atoms with van der Waals surface area (Å²) >= 11 is 11.9. The van der Waals surface area contributed by atoms with Crippen molar-refractivity contribution in [1.29, 1.82) is 0 Å². The second-order valence-corrected chi connectivity index (χ2v) is 5.84. The maximum atomic E-state index is 12.0. The monoisotopic (exact) mass is 258 g/mol. The largest absolute Gasteiger partial charge is 0.324 e. The lowest BCUT2D eigenvalue weighted by molar-refractivity contribution is -0.120. The zero-order valence-corrected chi connectivity index (χ0v) is 10.6. The number of rotatable bonds is 2. The molecule has 0 aliphatic heterocycles. The fourth-order valence-corrected chi connectivity index (χ4v) is 2.21. The van der Waals surface area contributed by atoms with Crippen LogP contribution in [-0.4, -0.2) is 15.2 Å².